The number of nitrogens with two attached hydrogens (primary N) is 1. The third-order valence-electron chi connectivity index (χ3n) is 2.77. The van der Waals surface area contributed by atoms with Gasteiger partial charge in [-0.15, -0.1) is 0 Å². The molecular weight excluding hydrogens is 328 g/mol. The van der Waals surface area contributed by atoms with E-state index in [1.54, 1.807) is 49.5 Å². The number of hydrogen-bond donors (Lipinski definition) is 1. The summed E-state index contributed by atoms with van der Waals surface area (Å²) < 4.78 is 0.700. The molecule has 5 heteroatoms. The van der Waals surface area contributed by atoms with Gasteiger partial charge < -0.3 is 10.6 Å². The molecule has 0 heterocycles. The minimum Gasteiger partial charge on any atom is -0.399 e. The molecule has 2 N–H and O–H groups in total. The largest absolute Gasteiger partial charge is 0.399 e. The Morgan fingerprint density at radius 1 is 1.21 bits per heavy atom. The Labute approximate surface area is 125 Å². The molecule has 0 aliphatic rings. The lowest BCUT2D eigenvalue weighted by molar-refractivity contribution is 0.0993. The van der Waals surface area contributed by atoms with E-state index >= 15 is 0 Å². The van der Waals surface area contributed by atoms with Gasteiger partial charge in [-0.2, -0.15) is 0 Å². The standard InChI is InChI=1S/C14H12BrClN2O/c1-18(10-7-5-9(17)6-8-10)14(19)11-3-2-4-12(15)13(11)16/h2-8H,17H2,1H3. The van der Waals surface area contributed by atoms with Gasteiger partial charge in [-0.25, -0.2) is 0 Å². The van der Waals surface area contributed by atoms with Crippen LogP contribution in [0, 0.1) is 0 Å². The summed E-state index contributed by atoms with van der Waals surface area (Å²) in [5.74, 6) is -0.170. The molecule has 1 amide bonds. The van der Waals surface area contributed by atoms with Gasteiger partial charge in [0, 0.05) is 22.9 Å². The van der Waals surface area contributed by atoms with Gasteiger partial charge >= 0.3 is 0 Å². The van der Waals surface area contributed by atoms with E-state index < -0.39 is 0 Å². The van der Waals surface area contributed by atoms with E-state index in [4.69, 9.17) is 17.3 Å². The van der Waals surface area contributed by atoms with Crippen molar-refractivity contribution in [2.45, 2.75) is 0 Å². The number of benzene rings is 2. The Morgan fingerprint density at radius 2 is 1.84 bits per heavy atom. The first-order valence-corrected chi connectivity index (χ1v) is 6.75. The van der Waals surface area contributed by atoms with Crippen molar-refractivity contribution in [3.05, 3.63) is 57.5 Å². The van der Waals surface area contributed by atoms with Gasteiger partial charge in [0.2, 0.25) is 0 Å². The zero-order chi connectivity index (χ0) is 14.0. The van der Waals surface area contributed by atoms with Crippen LogP contribution >= 0.6 is 27.5 Å². The van der Waals surface area contributed by atoms with Crippen molar-refractivity contribution >= 4 is 44.8 Å². The van der Waals surface area contributed by atoms with Crippen molar-refractivity contribution in [2.75, 3.05) is 17.7 Å². The second-order valence-electron chi connectivity index (χ2n) is 4.06. The summed E-state index contributed by atoms with van der Waals surface area (Å²) in [6.07, 6.45) is 0. The topological polar surface area (TPSA) is 46.3 Å². The van der Waals surface area contributed by atoms with Gasteiger partial charge in [-0.3, -0.25) is 4.79 Å². The maximum absolute atomic E-state index is 12.4. The Bertz CT molecular complexity index is 613. The quantitative estimate of drug-likeness (QED) is 0.842. The summed E-state index contributed by atoms with van der Waals surface area (Å²) in [6, 6.07) is 12.4. The number of nitrogens with zero attached hydrogens (tertiary/aromatic N) is 1. The fourth-order valence-electron chi connectivity index (χ4n) is 1.66. The maximum atomic E-state index is 12.4. The lowest BCUT2D eigenvalue weighted by Gasteiger charge is -2.18. The predicted octanol–water partition coefficient (Wildman–Crippen LogP) is 3.96. The highest BCUT2D eigenvalue weighted by Crippen LogP contribution is 2.28. The van der Waals surface area contributed by atoms with Crippen LogP contribution in [0.1, 0.15) is 10.4 Å². The van der Waals surface area contributed by atoms with E-state index in [0.717, 1.165) is 5.69 Å². The summed E-state index contributed by atoms with van der Waals surface area (Å²) in [5.41, 5.74) is 7.50. The van der Waals surface area contributed by atoms with Crippen LogP contribution in [0.4, 0.5) is 11.4 Å². The normalized spacial score (nSPS) is 10.3. The van der Waals surface area contributed by atoms with Gasteiger partial charge in [0.15, 0.2) is 0 Å². The van der Waals surface area contributed by atoms with Gasteiger partial charge in [-0.1, -0.05) is 17.7 Å². The lowest BCUT2D eigenvalue weighted by Crippen LogP contribution is -2.26. The Kier molecular flexibility index (Phi) is 4.12. The van der Waals surface area contributed by atoms with Crippen LogP contribution in [-0.2, 0) is 0 Å². The molecule has 0 atom stereocenters. The van der Waals surface area contributed by atoms with E-state index in [-0.39, 0.29) is 5.91 Å². The summed E-state index contributed by atoms with van der Waals surface area (Å²) in [4.78, 5) is 13.9. The van der Waals surface area contributed by atoms with E-state index in [1.807, 2.05) is 0 Å². The Morgan fingerprint density at radius 3 is 2.47 bits per heavy atom. The second-order valence-corrected chi connectivity index (χ2v) is 5.29. The molecule has 0 saturated carbocycles. The molecular formula is C14H12BrClN2O. The van der Waals surface area contributed by atoms with Crippen molar-refractivity contribution in [1.29, 1.82) is 0 Å². The van der Waals surface area contributed by atoms with Crippen LogP contribution in [-0.4, -0.2) is 13.0 Å². The second kappa shape index (κ2) is 5.63. The third-order valence-corrected chi connectivity index (χ3v) is 4.06. The van der Waals surface area contributed by atoms with Crippen LogP contribution in [0.2, 0.25) is 5.02 Å². The van der Waals surface area contributed by atoms with Gasteiger partial charge in [0.1, 0.15) is 0 Å². The van der Waals surface area contributed by atoms with Gasteiger partial charge in [-0.05, 0) is 52.3 Å². The van der Waals surface area contributed by atoms with Crippen LogP contribution in [0.5, 0.6) is 0 Å². The Balaban J connectivity index is 2.33. The smallest absolute Gasteiger partial charge is 0.259 e. The molecule has 0 saturated heterocycles. The van der Waals surface area contributed by atoms with Crippen LogP contribution in [0.15, 0.2) is 46.9 Å². The molecule has 2 rings (SSSR count). The molecule has 2 aromatic carbocycles. The molecule has 0 aromatic heterocycles. The van der Waals surface area contributed by atoms with E-state index in [2.05, 4.69) is 15.9 Å². The number of rotatable bonds is 2. The molecule has 19 heavy (non-hydrogen) atoms. The minimum absolute atomic E-state index is 0.170. The van der Waals surface area contributed by atoms with E-state index in [1.165, 1.54) is 4.90 Å². The third kappa shape index (κ3) is 2.91. The monoisotopic (exact) mass is 338 g/mol. The molecule has 0 spiro atoms. The molecule has 0 aliphatic heterocycles. The first-order chi connectivity index (χ1) is 9.00. The van der Waals surface area contributed by atoms with Crippen LogP contribution < -0.4 is 10.6 Å². The number of anilines is 2. The number of hydrogen-bond acceptors (Lipinski definition) is 2. The van der Waals surface area contributed by atoms with Crippen LogP contribution in [0.3, 0.4) is 0 Å². The van der Waals surface area contributed by atoms with Gasteiger partial charge in [0.05, 0.1) is 10.6 Å². The van der Waals surface area contributed by atoms with Gasteiger partial charge in [0.25, 0.3) is 5.91 Å². The fourth-order valence-corrected chi connectivity index (χ4v) is 2.24. The van der Waals surface area contributed by atoms with Crippen LogP contribution in [0.25, 0.3) is 0 Å². The van der Waals surface area contributed by atoms with E-state index in [0.29, 0.717) is 20.7 Å². The Hall–Kier alpha value is -1.52. The summed E-state index contributed by atoms with van der Waals surface area (Å²) >= 11 is 9.44. The van der Waals surface area contributed by atoms with Crippen molar-refractivity contribution in [3.63, 3.8) is 0 Å². The number of nitrogen functional groups attached to an aromatic ring is 1. The number of carbonyl (C=O) groups excluding carboxylic acids is 1. The molecule has 98 valence electrons. The average Bonchev–Trinajstić information content (AvgIpc) is 2.41. The zero-order valence-corrected chi connectivity index (χ0v) is 12.6. The highest BCUT2D eigenvalue weighted by atomic mass is 79.9. The molecule has 0 fully saturated rings. The highest BCUT2D eigenvalue weighted by Gasteiger charge is 2.17. The lowest BCUT2D eigenvalue weighted by atomic mass is 10.2. The average molecular weight is 340 g/mol. The SMILES string of the molecule is CN(C(=O)c1cccc(Br)c1Cl)c1ccc(N)cc1. The number of carbonyl (C=O) groups is 1. The molecule has 0 radical (unpaired) electrons. The summed E-state index contributed by atoms with van der Waals surface area (Å²) in [7, 11) is 1.70. The molecule has 0 bridgehead atoms. The number of amides is 1. The summed E-state index contributed by atoms with van der Waals surface area (Å²) in [5, 5.41) is 0.412. The fraction of sp³-hybridized carbons (Fsp3) is 0.0714. The molecule has 3 nitrogen and oxygen atoms in total. The predicted molar refractivity (Wildman–Crippen MR) is 82.7 cm³/mol. The first kappa shape index (κ1) is 13.9. The van der Waals surface area contributed by atoms with Crippen molar-refractivity contribution in [2.24, 2.45) is 0 Å². The maximum Gasteiger partial charge on any atom is 0.259 e. The zero-order valence-electron chi connectivity index (χ0n) is 10.2. The van der Waals surface area contributed by atoms with Crippen molar-refractivity contribution in [1.82, 2.24) is 0 Å². The molecule has 2 aromatic rings. The van der Waals surface area contributed by atoms with Crippen molar-refractivity contribution < 1.29 is 4.79 Å². The van der Waals surface area contributed by atoms with E-state index in [9.17, 15) is 4.79 Å². The van der Waals surface area contributed by atoms with Crippen molar-refractivity contribution in [3.8, 4) is 0 Å². The first-order valence-electron chi connectivity index (χ1n) is 5.58. The minimum atomic E-state index is -0.170. The highest BCUT2D eigenvalue weighted by molar-refractivity contribution is 9.10. The molecule has 0 unspecified atom stereocenters. The number of halogens is 2. The molecule has 0 aliphatic carbocycles. The summed E-state index contributed by atoms with van der Waals surface area (Å²) in [6.45, 7) is 0.